The summed E-state index contributed by atoms with van der Waals surface area (Å²) in [5.74, 6) is 0.174. The van der Waals surface area contributed by atoms with E-state index in [9.17, 15) is 20.0 Å². The standard InChI is InChI=1S/C14H18N2O4/c1-15(9-13(17)11-5-6-11)14(18)8-10-3-2-4-12(7-10)16(19)20/h2-4,7,11,13,17H,5-6,8-9H2,1H3. The molecule has 1 atom stereocenters. The molecule has 108 valence electrons. The van der Waals surface area contributed by atoms with Gasteiger partial charge in [-0.25, -0.2) is 0 Å². The predicted molar refractivity (Wildman–Crippen MR) is 73.2 cm³/mol. The van der Waals surface area contributed by atoms with Gasteiger partial charge >= 0.3 is 0 Å². The molecule has 20 heavy (non-hydrogen) atoms. The highest BCUT2D eigenvalue weighted by molar-refractivity contribution is 5.78. The van der Waals surface area contributed by atoms with Gasteiger partial charge < -0.3 is 10.0 Å². The Morgan fingerprint density at radius 2 is 2.25 bits per heavy atom. The number of aliphatic hydroxyl groups excluding tert-OH is 1. The minimum atomic E-state index is -0.478. The number of nitrogens with zero attached hydrogens (tertiary/aromatic N) is 2. The second kappa shape index (κ2) is 6.00. The largest absolute Gasteiger partial charge is 0.391 e. The summed E-state index contributed by atoms with van der Waals surface area (Å²) in [7, 11) is 1.64. The molecule has 1 aliphatic carbocycles. The average molecular weight is 278 g/mol. The molecule has 0 bridgehead atoms. The van der Waals surface area contributed by atoms with E-state index >= 15 is 0 Å². The van der Waals surface area contributed by atoms with E-state index in [0.717, 1.165) is 12.8 Å². The van der Waals surface area contributed by atoms with Gasteiger partial charge in [0.25, 0.3) is 5.69 Å². The zero-order valence-electron chi connectivity index (χ0n) is 11.4. The third-order valence-corrected chi connectivity index (χ3v) is 3.53. The number of carbonyl (C=O) groups excluding carboxylic acids is 1. The van der Waals surface area contributed by atoms with E-state index < -0.39 is 11.0 Å². The Morgan fingerprint density at radius 3 is 2.85 bits per heavy atom. The van der Waals surface area contributed by atoms with Gasteiger partial charge in [-0.2, -0.15) is 0 Å². The van der Waals surface area contributed by atoms with Crippen LogP contribution >= 0.6 is 0 Å². The van der Waals surface area contributed by atoms with Crippen molar-refractivity contribution in [1.82, 2.24) is 4.90 Å². The number of benzene rings is 1. The Hall–Kier alpha value is -1.95. The molecule has 1 unspecified atom stereocenters. The molecule has 0 aliphatic heterocycles. The molecule has 6 heteroatoms. The fraction of sp³-hybridized carbons (Fsp3) is 0.500. The first-order chi connectivity index (χ1) is 9.47. The van der Waals surface area contributed by atoms with Crippen LogP contribution in [0.4, 0.5) is 5.69 Å². The van der Waals surface area contributed by atoms with Gasteiger partial charge in [0, 0.05) is 25.7 Å². The van der Waals surface area contributed by atoms with Crippen molar-refractivity contribution in [2.45, 2.75) is 25.4 Å². The van der Waals surface area contributed by atoms with E-state index in [1.807, 2.05) is 0 Å². The molecule has 1 N–H and O–H groups in total. The number of carbonyl (C=O) groups is 1. The quantitative estimate of drug-likeness (QED) is 0.629. The third kappa shape index (κ3) is 3.77. The molecule has 6 nitrogen and oxygen atoms in total. The molecule has 1 saturated carbocycles. The molecule has 2 rings (SSSR count). The van der Waals surface area contributed by atoms with Gasteiger partial charge in [0.15, 0.2) is 0 Å². The lowest BCUT2D eigenvalue weighted by molar-refractivity contribution is -0.384. The van der Waals surface area contributed by atoms with Crippen molar-refractivity contribution in [1.29, 1.82) is 0 Å². The first-order valence-electron chi connectivity index (χ1n) is 6.62. The fourth-order valence-corrected chi connectivity index (χ4v) is 2.10. The molecule has 0 spiro atoms. The monoisotopic (exact) mass is 278 g/mol. The van der Waals surface area contributed by atoms with Crippen LogP contribution < -0.4 is 0 Å². The third-order valence-electron chi connectivity index (χ3n) is 3.53. The lowest BCUT2D eigenvalue weighted by atomic mass is 10.1. The van der Waals surface area contributed by atoms with Crippen LogP contribution in [0.2, 0.25) is 0 Å². The fourth-order valence-electron chi connectivity index (χ4n) is 2.10. The predicted octanol–water partition coefficient (Wildman–Crippen LogP) is 1.37. The number of hydrogen-bond acceptors (Lipinski definition) is 4. The average Bonchev–Trinajstić information content (AvgIpc) is 3.23. The molecule has 0 aromatic heterocycles. The summed E-state index contributed by atoms with van der Waals surface area (Å²) in [4.78, 5) is 23.7. The van der Waals surface area contributed by atoms with Crippen LogP contribution in [0.15, 0.2) is 24.3 Å². The SMILES string of the molecule is CN(CC(O)C1CC1)C(=O)Cc1cccc([N+](=O)[O-])c1. The lowest BCUT2D eigenvalue weighted by Crippen LogP contribution is -2.36. The van der Waals surface area contributed by atoms with Gasteiger partial charge in [-0.15, -0.1) is 0 Å². The second-order valence-corrected chi connectivity index (χ2v) is 5.28. The number of hydrogen-bond donors (Lipinski definition) is 1. The number of nitro benzene ring substituents is 1. The number of amides is 1. The molecule has 1 amide bonds. The molecule has 1 aromatic rings. The first kappa shape index (κ1) is 14.5. The van der Waals surface area contributed by atoms with Gasteiger partial charge in [-0.05, 0) is 24.3 Å². The summed E-state index contributed by atoms with van der Waals surface area (Å²) in [5.41, 5.74) is 0.591. The minimum absolute atomic E-state index is 0.0176. The van der Waals surface area contributed by atoms with Crippen molar-refractivity contribution in [3.63, 3.8) is 0 Å². The molecule has 0 heterocycles. The van der Waals surface area contributed by atoms with Crippen LogP contribution in [-0.4, -0.2) is 40.5 Å². The van der Waals surface area contributed by atoms with Gasteiger partial charge in [0.2, 0.25) is 5.91 Å². The molecule has 1 aliphatic rings. The molecule has 1 aromatic carbocycles. The molecular formula is C14H18N2O4. The minimum Gasteiger partial charge on any atom is -0.391 e. The van der Waals surface area contributed by atoms with Crippen molar-refractivity contribution in [2.75, 3.05) is 13.6 Å². The maximum atomic E-state index is 12.0. The highest BCUT2D eigenvalue weighted by atomic mass is 16.6. The van der Waals surface area contributed by atoms with Crippen molar-refractivity contribution < 1.29 is 14.8 Å². The van der Waals surface area contributed by atoms with E-state index in [4.69, 9.17) is 0 Å². The van der Waals surface area contributed by atoms with Gasteiger partial charge in [-0.1, -0.05) is 12.1 Å². The Kier molecular flexibility index (Phi) is 4.34. The van der Waals surface area contributed by atoms with Gasteiger partial charge in [0.1, 0.15) is 0 Å². The zero-order valence-corrected chi connectivity index (χ0v) is 11.4. The van der Waals surface area contributed by atoms with Crippen LogP contribution in [0, 0.1) is 16.0 Å². The van der Waals surface area contributed by atoms with Crippen LogP contribution in [-0.2, 0) is 11.2 Å². The highest BCUT2D eigenvalue weighted by Crippen LogP contribution is 2.32. The molecule has 1 fully saturated rings. The van der Waals surface area contributed by atoms with Gasteiger partial charge in [0.05, 0.1) is 17.4 Å². The van der Waals surface area contributed by atoms with Crippen molar-refractivity contribution in [2.24, 2.45) is 5.92 Å². The maximum Gasteiger partial charge on any atom is 0.269 e. The number of non-ortho nitro benzene ring substituents is 1. The summed E-state index contributed by atoms with van der Waals surface area (Å²) < 4.78 is 0. The topological polar surface area (TPSA) is 83.7 Å². The molecule has 0 saturated heterocycles. The van der Waals surface area contributed by atoms with Crippen LogP contribution in [0.25, 0.3) is 0 Å². The number of nitro groups is 1. The van der Waals surface area contributed by atoms with Crippen LogP contribution in [0.5, 0.6) is 0 Å². The lowest BCUT2D eigenvalue weighted by Gasteiger charge is -2.20. The second-order valence-electron chi connectivity index (χ2n) is 5.28. The van der Waals surface area contributed by atoms with E-state index in [0.29, 0.717) is 18.0 Å². The molecule has 0 radical (unpaired) electrons. The van der Waals surface area contributed by atoms with E-state index in [2.05, 4.69) is 0 Å². The normalized spacial score (nSPS) is 15.7. The highest BCUT2D eigenvalue weighted by Gasteiger charge is 2.31. The summed E-state index contributed by atoms with van der Waals surface area (Å²) in [6.07, 6.45) is 1.69. The Morgan fingerprint density at radius 1 is 1.55 bits per heavy atom. The van der Waals surface area contributed by atoms with Gasteiger partial charge in [-0.3, -0.25) is 14.9 Å². The van der Waals surface area contributed by atoms with Crippen molar-refractivity contribution >= 4 is 11.6 Å². The van der Waals surface area contributed by atoms with Crippen molar-refractivity contribution in [3.05, 3.63) is 39.9 Å². The summed E-state index contributed by atoms with van der Waals surface area (Å²) in [6.45, 7) is 0.318. The zero-order chi connectivity index (χ0) is 14.7. The summed E-state index contributed by atoms with van der Waals surface area (Å²) in [5, 5.41) is 20.5. The van der Waals surface area contributed by atoms with E-state index in [1.54, 1.807) is 19.2 Å². The Balaban J connectivity index is 1.92. The Bertz CT molecular complexity index is 514. The number of aliphatic hydroxyl groups is 1. The number of likely N-dealkylation sites (N-methyl/N-ethyl adjacent to an activating group) is 1. The van der Waals surface area contributed by atoms with Crippen molar-refractivity contribution in [3.8, 4) is 0 Å². The number of rotatable bonds is 6. The Labute approximate surface area is 117 Å². The smallest absolute Gasteiger partial charge is 0.269 e. The first-order valence-corrected chi connectivity index (χ1v) is 6.62. The maximum absolute atomic E-state index is 12.0. The van der Waals surface area contributed by atoms with E-state index in [1.165, 1.54) is 17.0 Å². The summed E-state index contributed by atoms with van der Waals surface area (Å²) >= 11 is 0. The van der Waals surface area contributed by atoms with Crippen LogP contribution in [0.1, 0.15) is 18.4 Å². The summed E-state index contributed by atoms with van der Waals surface area (Å²) in [6, 6.07) is 6.06. The van der Waals surface area contributed by atoms with E-state index in [-0.39, 0.29) is 18.0 Å². The van der Waals surface area contributed by atoms with Crippen LogP contribution in [0.3, 0.4) is 0 Å². The molecular weight excluding hydrogens is 260 g/mol.